The molecule has 4 rings (SSSR count). The Morgan fingerprint density at radius 2 is 1.76 bits per heavy atom. The molecule has 3 aromatic rings. The number of carbonyl (C=O) groups is 1. The van der Waals surface area contributed by atoms with Gasteiger partial charge in [0.05, 0.1) is 10.6 Å². The monoisotopic (exact) mass is 541 g/mol. The number of alkyl halides is 4. The van der Waals surface area contributed by atoms with E-state index in [1.165, 1.54) is 12.3 Å². The van der Waals surface area contributed by atoms with Crippen LogP contribution in [0.5, 0.6) is 0 Å². The van der Waals surface area contributed by atoms with E-state index in [-0.39, 0.29) is 29.1 Å². The molecule has 2 aromatic heterocycles. The van der Waals surface area contributed by atoms with Crippen LogP contribution in [0.4, 0.5) is 22.0 Å². The van der Waals surface area contributed by atoms with Crippen LogP contribution in [0, 0.1) is 12.7 Å². The molecule has 1 N–H and O–H groups in total. The van der Waals surface area contributed by atoms with Crippen molar-refractivity contribution in [3.8, 4) is 11.3 Å². The number of hydrogen-bond donors (Lipinski definition) is 1. The Morgan fingerprint density at radius 1 is 1.11 bits per heavy atom. The molecule has 0 bridgehead atoms. The zero-order valence-electron chi connectivity index (χ0n) is 19.2. The number of aromatic nitrogens is 3. The summed E-state index contributed by atoms with van der Waals surface area (Å²) in [5, 5.41) is 2.59. The lowest BCUT2D eigenvalue weighted by atomic mass is 10.1. The van der Waals surface area contributed by atoms with Gasteiger partial charge in [-0.05, 0) is 48.4 Å². The van der Waals surface area contributed by atoms with Crippen LogP contribution < -0.4 is 5.32 Å². The van der Waals surface area contributed by atoms with Gasteiger partial charge >= 0.3 is 6.18 Å². The molecule has 2 atom stereocenters. The average Bonchev–Trinajstić information content (AvgIpc) is 3.26. The van der Waals surface area contributed by atoms with Gasteiger partial charge < -0.3 is 5.32 Å². The summed E-state index contributed by atoms with van der Waals surface area (Å²) >= 11 is 0. The third kappa shape index (κ3) is 5.74. The predicted molar refractivity (Wildman–Crippen MR) is 120 cm³/mol. The molecule has 2 unspecified atom stereocenters. The minimum absolute atomic E-state index is 0.0838. The highest BCUT2D eigenvalue weighted by Gasteiger charge is 2.44. The lowest BCUT2D eigenvalue weighted by Crippen LogP contribution is -2.45. The van der Waals surface area contributed by atoms with Gasteiger partial charge in [-0.1, -0.05) is 0 Å². The van der Waals surface area contributed by atoms with Crippen LogP contribution in [0.15, 0.2) is 53.8 Å². The van der Waals surface area contributed by atoms with Crippen molar-refractivity contribution < 1.29 is 35.2 Å². The zero-order chi connectivity index (χ0) is 27.0. The SMILES string of the molecule is Cc1cnc(-c2cnc(C(F)(F)F)nc2)cc1CNC(=O)C1CC(F)CN1S(=O)(=O)c1ccc(F)cc1. The lowest BCUT2D eigenvalue weighted by Gasteiger charge is -2.23. The van der Waals surface area contributed by atoms with Gasteiger partial charge in [-0.2, -0.15) is 17.5 Å². The van der Waals surface area contributed by atoms with E-state index in [0.29, 0.717) is 11.1 Å². The molecule has 14 heteroatoms. The van der Waals surface area contributed by atoms with Gasteiger partial charge in [0.25, 0.3) is 0 Å². The molecule has 0 spiro atoms. The number of hydrogen-bond acceptors (Lipinski definition) is 6. The molecule has 0 aliphatic carbocycles. The number of aryl methyl sites for hydroxylation is 1. The summed E-state index contributed by atoms with van der Waals surface area (Å²) in [6.45, 7) is 1.09. The van der Waals surface area contributed by atoms with Gasteiger partial charge in [0.2, 0.25) is 21.8 Å². The van der Waals surface area contributed by atoms with E-state index >= 15 is 0 Å². The van der Waals surface area contributed by atoms with Crippen LogP contribution in [0.2, 0.25) is 0 Å². The Morgan fingerprint density at radius 3 is 2.38 bits per heavy atom. The Hall–Kier alpha value is -3.52. The van der Waals surface area contributed by atoms with Gasteiger partial charge in [-0.3, -0.25) is 9.78 Å². The van der Waals surface area contributed by atoms with Crippen molar-refractivity contribution in [2.75, 3.05) is 6.54 Å². The summed E-state index contributed by atoms with van der Waals surface area (Å²) in [6, 6.07) is 4.19. The second kappa shape index (κ2) is 10.1. The Bertz CT molecular complexity index is 1400. The second-order valence-corrected chi connectivity index (χ2v) is 10.3. The van der Waals surface area contributed by atoms with E-state index in [1.54, 1.807) is 6.92 Å². The molecule has 1 fully saturated rings. The molecule has 1 saturated heterocycles. The topological polar surface area (TPSA) is 105 Å². The van der Waals surface area contributed by atoms with Gasteiger partial charge in [0, 0.05) is 43.7 Å². The number of nitrogens with one attached hydrogen (secondary N) is 1. The van der Waals surface area contributed by atoms with Crippen molar-refractivity contribution in [2.24, 2.45) is 0 Å². The van der Waals surface area contributed by atoms with Crippen LogP contribution in [0.25, 0.3) is 11.3 Å². The summed E-state index contributed by atoms with van der Waals surface area (Å²) < 4.78 is 92.3. The first kappa shape index (κ1) is 26.5. The summed E-state index contributed by atoms with van der Waals surface area (Å²) in [5.74, 6) is -2.67. The third-order valence-electron chi connectivity index (χ3n) is 5.80. The number of halogens is 5. The smallest absolute Gasteiger partial charge is 0.351 e. The first-order valence-electron chi connectivity index (χ1n) is 10.9. The van der Waals surface area contributed by atoms with Crippen LogP contribution in [0.1, 0.15) is 23.4 Å². The number of amides is 1. The maximum absolute atomic E-state index is 14.2. The van der Waals surface area contributed by atoms with Gasteiger partial charge in [-0.15, -0.1) is 0 Å². The average molecular weight is 542 g/mol. The number of benzene rings is 1. The minimum atomic E-state index is -4.69. The van der Waals surface area contributed by atoms with Crippen molar-refractivity contribution >= 4 is 15.9 Å². The van der Waals surface area contributed by atoms with Crippen molar-refractivity contribution in [1.82, 2.24) is 24.6 Å². The molecule has 8 nitrogen and oxygen atoms in total. The lowest BCUT2D eigenvalue weighted by molar-refractivity contribution is -0.145. The quantitative estimate of drug-likeness (QED) is 0.480. The zero-order valence-corrected chi connectivity index (χ0v) is 20.0. The number of carbonyl (C=O) groups excluding carboxylic acids is 1. The van der Waals surface area contributed by atoms with Crippen LogP contribution >= 0.6 is 0 Å². The maximum atomic E-state index is 14.2. The molecule has 196 valence electrons. The van der Waals surface area contributed by atoms with Gasteiger partial charge in [0.1, 0.15) is 18.0 Å². The molecule has 1 aliphatic rings. The molecule has 1 aliphatic heterocycles. The molecular weight excluding hydrogens is 521 g/mol. The molecule has 0 radical (unpaired) electrons. The third-order valence-corrected chi connectivity index (χ3v) is 7.69. The molecular formula is C23H20F5N5O3S. The molecule has 1 aromatic carbocycles. The first-order valence-corrected chi connectivity index (χ1v) is 12.3. The van der Waals surface area contributed by atoms with Gasteiger partial charge in [-0.25, -0.2) is 27.2 Å². The summed E-state index contributed by atoms with van der Waals surface area (Å²) in [4.78, 5) is 23.4. The highest BCUT2D eigenvalue weighted by Crippen LogP contribution is 2.29. The van der Waals surface area contributed by atoms with E-state index in [9.17, 15) is 35.2 Å². The van der Waals surface area contributed by atoms with E-state index in [2.05, 4.69) is 20.3 Å². The minimum Gasteiger partial charge on any atom is -0.351 e. The largest absolute Gasteiger partial charge is 0.451 e. The highest BCUT2D eigenvalue weighted by atomic mass is 32.2. The van der Waals surface area contributed by atoms with Crippen molar-refractivity contribution in [1.29, 1.82) is 0 Å². The normalized spacial score (nSPS) is 18.6. The van der Waals surface area contributed by atoms with Crippen LogP contribution in [-0.4, -0.2) is 52.3 Å². The number of rotatable bonds is 6. The van der Waals surface area contributed by atoms with Crippen molar-refractivity contribution in [2.45, 2.75) is 43.2 Å². The number of pyridine rings is 1. The van der Waals surface area contributed by atoms with E-state index < -0.39 is 52.5 Å². The van der Waals surface area contributed by atoms with Crippen molar-refractivity contribution in [3.63, 3.8) is 0 Å². The Labute approximate surface area is 208 Å². The summed E-state index contributed by atoms with van der Waals surface area (Å²) in [7, 11) is -4.27. The van der Waals surface area contributed by atoms with Crippen molar-refractivity contribution in [3.05, 3.63) is 71.7 Å². The predicted octanol–water partition coefficient (Wildman–Crippen LogP) is 3.42. The molecule has 37 heavy (non-hydrogen) atoms. The first-order chi connectivity index (χ1) is 17.4. The summed E-state index contributed by atoms with van der Waals surface area (Å²) in [6.07, 6.45) is -3.20. The van der Waals surface area contributed by atoms with Crippen LogP contribution in [-0.2, 0) is 27.5 Å². The fourth-order valence-electron chi connectivity index (χ4n) is 3.82. The fourth-order valence-corrected chi connectivity index (χ4v) is 5.45. The number of sulfonamides is 1. The molecule has 3 heterocycles. The van der Waals surface area contributed by atoms with E-state index in [0.717, 1.165) is 41.0 Å². The van der Waals surface area contributed by atoms with Gasteiger partial charge in [0.15, 0.2) is 0 Å². The number of nitrogens with zero attached hydrogens (tertiary/aromatic N) is 4. The second-order valence-electron chi connectivity index (χ2n) is 8.38. The Balaban J connectivity index is 1.50. The fraction of sp³-hybridized carbons (Fsp3) is 0.304. The molecule has 0 saturated carbocycles. The van der Waals surface area contributed by atoms with E-state index in [4.69, 9.17) is 0 Å². The highest BCUT2D eigenvalue weighted by molar-refractivity contribution is 7.89. The van der Waals surface area contributed by atoms with Crippen LogP contribution in [0.3, 0.4) is 0 Å². The standard InChI is InChI=1S/C23H20F5N5O3S/c1-13-8-29-19(15-10-31-22(32-11-15)23(26,27)28)6-14(13)9-30-21(34)20-7-17(25)12-33(20)37(35,36)18-4-2-16(24)3-5-18/h2-6,8,10-11,17,20H,7,9,12H2,1H3,(H,30,34). The summed E-state index contributed by atoms with van der Waals surface area (Å²) in [5.41, 5.74) is 1.66. The maximum Gasteiger partial charge on any atom is 0.451 e. The Kier molecular flexibility index (Phi) is 7.24. The van der Waals surface area contributed by atoms with E-state index in [1.807, 2.05) is 0 Å². The molecule has 1 amide bonds.